The average molecular weight is 637 g/mol. The van der Waals surface area contributed by atoms with Gasteiger partial charge in [-0.3, -0.25) is 15.0 Å². The van der Waals surface area contributed by atoms with Crippen LogP contribution >= 0.6 is 24.6 Å². The molecule has 1 heterocycles. The van der Waals surface area contributed by atoms with Crippen molar-refractivity contribution in [2.75, 3.05) is 7.11 Å². The number of aliphatic hydroxyl groups excluding tert-OH is 1. The van der Waals surface area contributed by atoms with Crippen molar-refractivity contribution >= 4 is 47.0 Å². The van der Waals surface area contributed by atoms with Gasteiger partial charge in [-0.1, -0.05) is 12.1 Å². The van der Waals surface area contributed by atoms with Crippen molar-refractivity contribution in [1.82, 2.24) is 5.43 Å². The molecule has 1 aliphatic heterocycles. The number of hydrazone groups is 1. The molecule has 0 spiro atoms. The fraction of sp³-hybridized carbons (Fsp3) is 0.429. The molecule has 2 aromatic rings. The highest BCUT2D eigenvalue weighted by Crippen LogP contribution is 2.52. The topological polar surface area (TPSA) is 219 Å². The first-order valence-electron chi connectivity index (χ1n) is 13.2. The number of rotatable bonds is 5. The molecule has 0 aromatic heterocycles. The number of thiocarbonyl (C=S) groups is 1. The third-order valence-electron chi connectivity index (χ3n) is 8.15. The molecule has 2 aromatic carbocycles. The summed E-state index contributed by atoms with van der Waals surface area (Å²) in [7, 11) is 1.35. The molecule has 3 aliphatic rings. The lowest BCUT2D eigenvalue weighted by Gasteiger charge is -2.42. The quantitative estimate of drug-likeness (QED) is 0.0903. The van der Waals surface area contributed by atoms with Gasteiger partial charge in [0.1, 0.15) is 22.8 Å². The van der Waals surface area contributed by atoms with E-state index >= 15 is 0 Å². The zero-order valence-electron chi connectivity index (χ0n) is 23.5. The van der Waals surface area contributed by atoms with Gasteiger partial charge in [0.15, 0.2) is 17.2 Å². The first kappa shape index (κ1) is 32.5. The molecular formula is C28H33ClN4O9S. The Morgan fingerprint density at radius 1 is 1.19 bits per heavy atom. The van der Waals surface area contributed by atoms with E-state index < -0.39 is 70.4 Å². The molecule has 232 valence electrons. The smallest absolute Gasteiger partial charge is 0.202 e. The van der Waals surface area contributed by atoms with E-state index in [0.29, 0.717) is 0 Å². The van der Waals surface area contributed by atoms with Crippen LogP contribution in [0.2, 0.25) is 0 Å². The standard InChI is InChI=1S/C28H32N4O9S.ClH/c1-10-22(33)14(29)7-17(40-10)41-16-9-28(38,11(2)31-32-27(30)42)8-13-19(16)26(37)21-20(24(13)35)23(34)12-5-4-6-15(39-3)18(12)25(21)36;/h4-6,10,14,16-17,22,33,35,37-38H,7-9,29H2,1-3H3,(H3,30,32,42);1H/b31-11+;/t10?,14?,16-,17?,22?,28-;/m0./s1. The van der Waals surface area contributed by atoms with Gasteiger partial charge in [0, 0.05) is 42.0 Å². The number of fused-ring (bicyclic) bond motifs is 3. The lowest BCUT2D eigenvalue weighted by Crippen LogP contribution is -2.52. The number of phenols is 2. The van der Waals surface area contributed by atoms with Crippen LogP contribution in [-0.2, 0) is 15.9 Å². The molecule has 15 heteroatoms. The number of carbonyl (C=O) groups excluding carboxylic acids is 2. The molecule has 9 N–H and O–H groups in total. The van der Waals surface area contributed by atoms with Crippen molar-refractivity contribution < 1.29 is 44.2 Å². The number of nitrogens with zero attached hydrogens (tertiary/aromatic N) is 1. The first-order chi connectivity index (χ1) is 19.8. The zero-order chi connectivity index (χ0) is 30.7. The number of benzene rings is 2. The molecule has 0 radical (unpaired) electrons. The number of methoxy groups -OCH3 is 1. The molecule has 4 unspecified atom stereocenters. The van der Waals surface area contributed by atoms with E-state index in [-0.39, 0.29) is 70.5 Å². The zero-order valence-corrected chi connectivity index (χ0v) is 25.1. The van der Waals surface area contributed by atoms with Gasteiger partial charge in [0.2, 0.25) is 5.78 Å². The molecule has 0 bridgehead atoms. The Hall–Kier alpha value is -3.37. The third-order valence-corrected chi connectivity index (χ3v) is 8.24. The third kappa shape index (κ3) is 5.44. The van der Waals surface area contributed by atoms with E-state index in [2.05, 4.69) is 10.5 Å². The van der Waals surface area contributed by atoms with Crippen LogP contribution in [0.25, 0.3) is 0 Å². The van der Waals surface area contributed by atoms with Crippen LogP contribution in [0.5, 0.6) is 17.2 Å². The van der Waals surface area contributed by atoms with Gasteiger partial charge in [-0.15, -0.1) is 12.4 Å². The Bertz CT molecular complexity index is 1520. The van der Waals surface area contributed by atoms with Gasteiger partial charge in [-0.2, -0.15) is 5.10 Å². The fourth-order valence-electron chi connectivity index (χ4n) is 5.91. The van der Waals surface area contributed by atoms with Gasteiger partial charge in [0.25, 0.3) is 0 Å². The van der Waals surface area contributed by atoms with Gasteiger partial charge < -0.3 is 46.1 Å². The van der Waals surface area contributed by atoms with E-state index in [1.54, 1.807) is 6.92 Å². The number of hydrogen-bond donors (Lipinski definition) is 7. The Morgan fingerprint density at radius 3 is 2.49 bits per heavy atom. The SMILES string of the molecule is COc1cccc2c1C(=O)c1c(O)c3c(c(O)c1C2=O)C[C@@](O)(/C(C)=N/NC(N)=S)C[C@@H]3OC1CC(N)C(O)C(C)O1.Cl. The summed E-state index contributed by atoms with van der Waals surface area (Å²) >= 11 is 4.81. The number of phenolic OH excluding ortho intramolecular Hbond substituents is 2. The highest BCUT2D eigenvalue weighted by atomic mass is 35.5. The largest absolute Gasteiger partial charge is 0.507 e. The molecule has 1 saturated heterocycles. The van der Waals surface area contributed by atoms with Gasteiger partial charge in [-0.05, 0) is 32.1 Å². The summed E-state index contributed by atoms with van der Waals surface area (Å²) in [5, 5.41) is 49.2. The van der Waals surface area contributed by atoms with Crippen LogP contribution in [0.4, 0.5) is 0 Å². The maximum atomic E-state index is 13.8. The second-order valence-corrected chi connectivity index (χ2v) is 11.2. The van der Waals surface area contributed by atoms with E-state index in [9.17, 15) is 30.0 Å². The molecular weight excluding hydrogens is 604 g/mol. The maximum Gasteiger partial charge on any atom is 0.202 e. The number of nitrogens with one attached hydrogen (secondary N) is 1. The van der Waals surface area contributed by atoms with E-state index in [0.717, 1.165) is 0 Å². The Morgan fingerprint density at radius 2 is 1.86 bits per heavy atom. The molecule has 0 amide bonds. The normalized spacial score (nSPS) is 28.2. The lowest BCUT2D eigenvalue weighted by molar-refractivity contribution is -0.245. The number of carbonyl (C=O) groups is 2. The molecule has 5 rings (SSSR count). The van der Waals surface area contributed by atoms with Gasteiger partial charge in [-0.25, -0.2) is 0 Å². The number of ether oxygens (including phenoxy) is 3. The molecule has 2 aliphatic carbocycles. The van der Waals surface area contributed by atoms with Gasteiger partial charge >= 0.3 is 0 Å². The van der Waals surface area contributed by atoms with E-state index in [1.807, 2.05) is 0 Å². The maximum absolute atomic E-state index is 13.8. The fourth-order valence-corrected chi connectivity index (χ4v) is 5.95. The van der Waals surface area contributed by atoms with E-state index in [1.165, 1.54) is 32.2 Å². The van der Waals surface area contributed by atoms with Crippen LogP contribution in [0.15, 0.2) is 23.3 Å². The second-order valence-electron chi connectivity index (χ2n) is 10.8. The van der Waals surface area contributed by atoms with Crippen LogP contribution in [0, 0.1) is 0 Å². The molecule has 0 saturated carbocycles. The highest BCUT2D eigenvalue weighted by molar-refractivity contribution is 7.80. The minimum atomic E-state index is -1.79. The Kier molecular flexibility index (Phi) is 9.05. The minimum Gasteiger partial charge on any atom is -0.507 e. The van der Waals surface area contributed by atoms with Crippen LogP contribution in [0.3, 0.4) is 0 Å². The predicted octanol–water partition coefficient (Wildman–Crippen LogP) is 1.07. The Labute approximate surface area is 258 Å². The molecule has 43 heavy (non-hydrogen) atoms. The van der Waals surface area contributed by atoms with Crippen molar-refractivity contribution in [1.29, 1.82) is 0 Å². The van der Waals surface area contributed by atoms with Crippen molar-refractivity contribution in [3.05, 3.63) is 51.6 Å². The van der Waals surface area contributed by atoms with Crippen LogP contribution < -0.4 is 21.6 Å². The Balaban J connectivity index is 0.00000423. The summed E-state index contributed by atoms with van der Waals surface area (Å²) in [6.45, 7) is 3.13. The lowest BCUT2D eigenvalue weighted by atomic mass is 9.72. The van der Waals surface area contributed by atoms with Crippen molar-refractivity contribution in [2.24, 2.45) is 16.6 Å². The minimum absolute atomic E-state index is 0. The first-order valence-corrected chi connectivity index (χ1v) is 13.6. The number of ketones is 2. The highest BCUT2D eigenvalue weighted by Gasteiger charge is 2.49. The summed E-state index contributed by atoms with van der Waals surface area (Å²) in [6.07, 6.45) is -4.25. The summed E-state index contributed by atoms with van der Waals surface area (Å²) in [6, 6.07) is 3.79. The number of halogens is 1. The number of aliphatic hydroxyl groups is 2. The monoisotopic (exact) mass is 636 g/mol. The van der Waals surface area contributed by atoms with Crippen LogP contribution in [0.1, 0.15) is 75.8 Å². The molecule has 1 fully saturated rings. The van der Waals surface area contributed by atoms with Crippen molar-refractivity contribution in [3.63, 3.8) is 0 Å². The van der Waals surface area contributed by atoms with Gasteiger partial charge in [0.05, 0.1) is 47.8 Å². The van der Waals surface area contributed by atoms with Crippen molar-refractivity contribution in [2.45, 2.75) is 69.4 Å². The predicted molar refractivity (Wildman–Crippen MR) is 160 cm³/mol. The van der Waals surface area contributed by atoms with E-state index in [4.69, 9.17) is 37.9 Å². The summed E-state index contributed by atoms with van der Waals surface area (Å²) in [5.74, 6) is -2.46. The summed E-state index contributed by atoms with van der Waals surface area (Å²) in [5.41, 5.74) is 11.5. The number of aromatic hydroxyl groups is 2. The average Bonchev–Trinajstić information content (AvgIpc) is 2.94. The number of nitrogens with two attached hydrogens (primary N) is 2. The molecule has 6 atom stereocenters. The summed E-state index contributed by atoms with van der Waals surface area (Å²) < 4.78 is 17.3. The van der Waals surface area contributed by atoms with Crippen molar-refractivity contribution in [3.8, 4) is 17.2 Å². The second kappa shape index (κ2) is 12.0. The van der Waals surface area contributed by atoms with Crippen LogP contribution in [-0.4, -0.2) is 80.1 Å². The molecule has 13 nitrogen and oxygen atoms in total. The summed E-state index contributed by atoms with van der Waals surface area (Å²) in [4.78, 5) is 27.4. The number of hydrogen-bond acceptors (Lipinski definition) is 12.